The molecule has 0 radical (unpaired) electrons. The Hall–Kier alpha value is -4.06. The third-order valence-electron chi connectivity index (χ3n) is 5.14. The molecule has 6 heteroatoms. The lowest BCUT2D eigenvalue weighted by Gasteiger charge is -2.15. The van der Waals surface area contributed by atoms with E-state index in [0.717, 1.165) is 16.7 Å². The normalized spacial score (nSPS) is 11.6. The van der Waals surface area contributed by atoms with Crippen LogP contribution in [0.4, 0.5) is 16.0 Å². The number of anilines is 2. The van der Waals surface area contributed by atoms with Gasteiger partial charge in [0.1, 0.15) is 5.82 Å². The molecule has 3 aromatic carbocycles. The van der Waals surface area contributed by atoms with Gasteiger partial charge >= 0.3 is 0 Å². The van der Waals surface area contributed by atoms with Gasteiger partial charge in [0.05, 0.1) is 6.04 Å². The number of nitrogens with zero attached hydrogens (tertiary/aromatic N) is 2. The van der Waals surface area contributed by atoms with E-state index in [2.05, 4.69) is 20.6 Å². The molecule has 1 atom stereocenters. The van der Waals surface area contributed by atoms with Crippen LogP contribution in [0.15, 0.2) is 85.2 Å². The van der Waals surface area contributed by atoms with Crippen molar-refractivity contribution in [2.45, 2.75) is 19.9 Å². The highest BCUT2D eigenvalue weighted by Gasteiger charge is 2.12. The summed E-state index contributed by atoms with van der Waals surface area (Å²) < 4.78 is 13.1. The molecule has 2 N–H and O–H groups in total. The maximum absolute atomic E-state index is 13.1. The molecular weight excluding hydrogens is 403 g/mol. The molecule has 1 unspecified atom stereocenters. The van der Waals surface area contributed by atoms with Crippen molar-refractivity contribution in [2.75, 3.05) is 5.32 Å². The molecule has 0 spiro atoms. The molecule has 1 aromatic heterocycles. The van der Waals surface area contributed by atoms with Crippen molar-refractivity contribution >= 4 is 17.5 Å². The molecule has 160 valence electrons. The summed E-state index contributed by atoms with van der Waals surface area (Å²) in [7, 11) is 0. The highest BCUT2D eigenvalue weighted by Crippen LogP contribution is 2.21. The molecule has 0 saturated heterocycles. The van der Waals surface area contributed by atoms with E-state index in [1.165, 1.54) is 17.7 Å². The Kier molecular flexibility index (Phi) is 6.22. The summed E-state index contributed by atoms with van der Waals surface area (Å²) in [4.78, 5) is 21.4. The Morgan fingerprint density at radius 2 is 1.59 bits per heavy atom. The van der Waals surface area contributed by atoms with Gasteiger partial charge in [0.25, 0.3) is 5.91 Å². The summed E-state index contributed by atoms with van der Waals surface area (Å²) in [6, 6.07) is 21.3. The van der Waals surface area contributed by atoms with Crippen LogP contribution in [-0.4, -0.2) is 15.9 Å². The first kappa shape index (κ1) is 21.2. The van der Waals surface area contributed by atoms with Gasteiger partial charge in [-0.05, 0) is 55.3 Å². The van der Waals surface area contributed by atoms with E-state index in [4.69, 9.17) is 0 Å². The van der Waals surface area contributed by atoms with Crippen LogP contribution in [0.2, 0.25) is 0 Å². The zero-order valence-electron chi connectivity index (χ0n) is 17.8. The molecule has 4 rings (SSSR count). The molecular formula is C26H23FN4O. The second kappa shape index (κ2) is 9.39. The van der Waals surface area contributed by atoms with Crippen molar-refractivity contribution in [1.29, 1.82) is 0 Å². The molecule has 0 aliphatic heterocycles. The summed E-state index contributed by atoms with van der Waals surface area (Å²) >= 11 is 0. The number of rotatable bonds is 6. The largest absolute Gasteiger partial charge is 0.346 e. The quantitative estimate of drug-likeness (QED) is 0.407. The van der Waals surface area contributed by atoms with E-state index in [-0.39, 0.29) is 17.8 Å². The minimum absolute atomic E-state index is 0.109. The molecule has 32 heavy (non-hydrogen) atoms. The highest BCUT2D eigenvalue weighted by molar-refractivity contribution is 5.95. The number of nitrogens with one attached hydrogen (secondary N) is 2. The van der Waals surface area contributed by atoms with E-state index in [1.54, 1.807) is 42.7 Å². The molecule has 0 saturated carbocycles. The number of aryl methyl sites for hydroxylation is 1. The van der Waals surface area contributed by atoms with Crippen molar-refractivity contribution in [2.24, 2.45) is 0 Å². The Bertz CT molecular complexity index is 1210. The van der Waals surface area contributed by atoms with Gasteiger partial charge in [0, 0.05) is 29.2 Å². The summed E-state index contributed by atoms with van der Waals surface area (Å²) in [6.07, 6.45) is 3.34. The predicted molar refractivity (Wildman–Crippen MR) is 124 cm³/mol. The molecule has 1 amide bonds. The number of hydrogen-bond donors (Lipinski definition) is 2. The van der Waals surface area contributed by atoms with E-state index >= 15 is 0 Å². The van der Waals surface area contributed by atoms with Crippen LogP contribution in [-0.2, 0) is 0 Å². The van der Waals surface area contributed by atoms with E-state index in [0.29, 0.717) is 17.2 Å². The van der Waals surface area contributed by atoms with E-state index in [1.807, 2.05) is 44.2 Å². The Morgan fingerprint density at radius 1 is 0.906 bits per heavy atom. The maximum atomic E-state index is 13.1. The van der Waals surface area contributed by atoms with Gasteiger partial charge in [-0.25, -0.2) is 14.4 Å². The minimum Gasteiger partial charge on any atom is -0.346 e. The average Bonchev–Trinajstić information content (AvgIpc) is 2.81. The molecule has 0 aliphatic carbocycles. The average molecular weight is 426 g/mol. The topological polar surface area (TPSA) is 66.9 Å². The van der Waals surface area contributed by atoms with Crippen molar-refractivity contribution in [3.63, 3.8) is 0 Å². The monoisotopic (exact) mass is 426 g/mol. The number of amides is 1. The van der Waals surface area contributed by atoms with Crippen LogP contribution < -0.4 is 10.6 Å². The lowest BCUT2D eigenvalue weighted by Crippen LogP contribution is -2.26. The summed E-state index contributed by atoms with van der Waals surface area (Å²) in [5.41, 5.74) is 5.09. The smallest absolute Gasteiger partial charge is 0.251 e. The van der Waals surface area contributed by atoms with Gasteiger partial charge < -0.3 is 10.6 Å². The fourth-order valence-electron chi connectivity index (χ4n) is 3.27. The van der Waals surface area contributed by atoms with Crippen LogP contribution in [0, 0.1) is 12.7 Å². The third kappa shape index (κ3) is 5.16. The SMILES string of the molecule is Cc1ccc(C(C)NC(=O)c2cccc(Nc3ncc(-c4ccc(F)cc4)cn3)c2)cc1. The molecule has 4 aromatic rings. The van der Waals surface area contributed by atoms with E-state index < -0.39 is 0 Å². The van der Waals surface area contributed by atoms with Gasteiger partial charge in [-0.2, -0.15) is 0 Å². The summed E-state index contributed by atoms with van der Waals surface area (Å²) in [5, 5.41) is 6.14. The lowest BCUT2D eigenvalue weighted by atomic mass is 10.1. The fraction of sp³-hybridized carbons (Fsp3) is 0.115. The Balaban J connectivity index is 1.42. The highest BCUT2D eigenvalue weighted by atomic mass is 19.1. The minimum atomic E-state index is -0.287. The zero-order valence-corrected chi connectivity index (χ0v) is 17.8. The standard InChI is InChI=1S/C26H23FN4O/c1-17-6-8-19(9-7-17)18(2)30-25(32)21-4-3-5-24(14-21)31-26-28-15-22(16-29-26)20-10-12-23(27)13-11-20/h3-16,18H,1-2H3,(H,30,32)(H,28,29,31). The second-order valence-corrected chi connectivity index (χ2v) is 7.61. The van der Waals surface area contributed by atoms with Gasteiger partial charge in [-0.15, -0.1) is 0 Å². The van der Waals surface area contributed by atoms with Gasteiger partial charge in [0.15, 0.2) is 0 Å². The first-order valence-corrected chi connectivity index (χ1v) is 10.3. The van der Waals surface area contributed by atoms with Crippen LogP contribution >= 0.6 is 0 Å². The van der Waals surface area contributed by atoms with Gasteiger partial charge in [-0.1, -0.05) is 48.0 Å². The van der Waals surface area contributed by atoms with Gasteiger partial charge in [-0.3, -0.25) is 4.79 Å². The van der Waals surface area contributed by atoms with Crippen molar-refractivity contribution in [3.8, 4) is 11.1 Å². The Labute approximate surface area is 186 Å². The molecule has 0 bridgehead atoms. The molecule has 0 fully saturated rings. The number of carbonyl (C=O) groups is 1. The zero-order chi connectivity index (χ0) is 22.5. The Morgan fingerprint density at radius 3 is 2.28 bits per heavy atom. The summed E-state index contributed by atoms with van der Waals surface area (Å²) in [6.45, 7) is 3.99. The van der Waals surface area contributed by atoms with Crippen LogP contribution in [0.1, 0.15) is 34.5 Å². The van der Waals surface area contributed by atoms with Crippen LogP contribution in [0.3, 0.4) is 0 Å². The first-order chi connectivity index (χ1) is 15.5. The number of halogens is 1. The molecule has 1 heterocycles. The van der Waals surface area contributed by atoms with Crippen LogP contribution in [0.25, 0.3) is 11.1 Å². The molecule has 0 aliphatic rings. The summed E-state index contributed by atoms with van der Waals surface area (Å²) in [5.74, 6) is -0.0409. The van der Waals surface area contributed by atoms with Crippen molar-refractivity contribution in [3.05, 3.63) is 108 Å². The predicted octanol–water partition coefficient (Wildman–Crippen LogP) is 5.83. The van der Waals surface area contributed by atoms with E-state index in [9.17, 15) is 9.18 Å². The lowest BCUT2D eigenvalue weighted by molar-refractivity contribution is 0.0940. The van der Waals surface area contributed by atoms with Crippen molar-refractivity contribution in [1.82, 2.24) is 15.3 Å². The van der Waals surface area contributed by atoms with Crippen molar-refractivity contribution < 1.29 is 9.18 Å². The maximum Gasteiger partial charge on any atom is 0.251 e. The first-order valence-electron chi connectivity index (χ1n) is 10.3. The number of aromatic nitrogens is 2. The number of benzene rings is 3. The second-order valence-electron chi connectivity index (χ2n) is 7.61. The third-order valence-corrected chi connectivity index (χ3v) is 5.14. The number of hydrogen-bond acceptors (Lipinski definition) is 4. The fourth-order valence-corrected chi connectivity index (χ4v) is 3.27. The number of carbonyl (C=O) groups excluding carboxylic acids is 1. The van der Waals surface area contributed by atoms with Gasteiger partial charge in [0.2, 0.25) is 5.95 Å². The molecule has 5 nitrogen and oxygen atoms in total. The van der Waals surface area contributed by atoms with Crippen LogP contribution in [0.5, 0.6) is 0 Å².